The Morgan fingerprint density at radius 3 is 1.90 bits per heavy atom. The van der Waals surface area contributed by atoms with Gasteiger partial charge in [-0.05, 0) is 74.9 Å². The largest absolute Gasteiger partial charge is 0.453 e. The molecule has 7 rings (SSSR count). The van der Waals surface area contributed by atoms with E-state index in [9.17, 15) is 4.79 Å². The zero-order valence-corrected chi connectivity index (χ0v) is 30.7. The molecule has 0 bridgehead atoms. The van der Waals surface area contributed by atoms with Gasteiger partial charge in [-0.25, -0.2) is 14.2 Å². The molecule has 2 saturated carbocycles. The number of rotatable bonds is 7. The van der Waals surface area contributed by atoms with Gasteiger partial charge < -0.3 is 19.1 Å². The summed E-state index contributed by atoms with van der Waals surface area (Å²) in [6, 6.07) is 12.5. The van der Waals surface area contributed by atoms with E-state index >= 15 is 0 Å². The molecule has 1 saturated heterocycles. The smallest absolute Gasteiger partial charge is 0.409 e. The highest BCUT2D eigenvalue weighted by atomic mass is 16.5. The predicted molar refractivity (Wildman–Crippen MR) is 197 cm³/mol. The van der Waals surface area contributed by atoms with Crippen LogP contribution in [0.3, 0.4) is 0 Å². The molecule has 4 aromatic rings. The van der Waals surface area contributed by atoms with Crippen molar-refractivity contribution in [1.82, 2.24) is 34.9 Å². The van der Waals surface area contributed by atoms with Gasteiger partial charge in [-0.2, -0.15) is 0 Å². The SMILES string of the molecule is CC.COC(=O)N1CCO[C@@H](Cn2cc(-c3ccc(C#CC4CC4)cc3C)nn2)C1.COCCn1cc(-c2ccc(C#CC3CC3)cc2C)nn1. The highest BCUT2D eigenvalue weighted by Crippen LogP contribution is 2.29. The van der Waals surface area contributed by atoms with Crippen molar-refractivity contribution in [1.29, 1.82) is 0 Å². The van der Waals surface area contributed by atoms with E-state index in [0.29, 0.717) is 51.2 Å². The molecule has 3 aliphatic rings. The summed E-state index contributed by atoms with van der Waals surface area (Å²) in [7, 11) is 3.07. The lowest BCUT2D eigenvalue weighted by atomic mass is 10.0. The zero-order valence-electron chi connectivity index (χ0n) is 30.7. The second-order valence-corrected chi connectivity index (χ2v) is 12.7. The van der Waals surface area contributed by atoms with E-state index in [1.165, 1.54) is 38.4 Å². The third-order valence-corrected chi connectivity index (χ3v) is 8.56. The number of methoxy groups -OCH3 is 2. The lowest BCUT2D eigenvalue weighted by Crippen LogP contribution is -2.47. The molecule has 2 aromatic carbocycles. The number of benzene rings is 2. The lowest BCUT2D eigenvalue weighted by Gasteiger charge is -2.31. The van der Waals surface area contributed by atoms with Crippen molar-refractivity contribution in [2.24, 2.45) is 11.8 Å². The Morgan fingerprint density at radius 1 is 0.843 bits per heavy atom. The number of ether oxygens (including phenoxy) is 3. The number of carbonyl (C=O) groups excluding carboxylic acids is 1. The van der Waals surface area contributed by atoms with Crippen LogP contribution in [-0.4, -0.2) is 87.6 Å². The fraction of sp³-hybridized carbons (Fsp3) is 0.475. The normalized spacial score (nSPS) is 16.3. The average molecular weight is 692 g/mol. The number of aromatic nitrogens is 6. The summed E-state index contributed by atoms with van der Waals surface area (Å²) < 4.78 is 19.2. The van der Waals surface area contributed by atoms with Gasteiger partial charge >= 0.3 is 6.09 Å². The third-order valence-electron chi connectivity index (χ3n) is 8.56. The Kier molecular flexibility index (Phi) is 13.4. The molecule has 3 fully saturated rings. The van der Waals surface area contributed by atoms with Gasteiger partial charge in [0.15, 0.2) is 0 Å². The van der Waals surface area contributed by atoms with Crippen LogP contribution < -0.4 is 0 Å². The number of carbonyl (C=O) groups is 1. The van der Waals surface area contributed by atoms with E-state index in [2.05, 4.69) is 88.5 Å². The molecule has 1 atom stereocenters. The van der Waals surface area contributed by atoms with E-state index in [1.54, 1.807) is 21.4 Å². The van der Waals surface area contributed by atoms with Crippen LogP contribution in [0.5, 0.6) is 0 Å². The Balaban J connectivity index is 0.000000196. The minimum Gasteiger partial charge on any atom is -0.453 e. The van der Waals surface area contributed by atoms with Gasteiger partial charge in [-0.15, -0.1) is 10.2 Å². The number of morpholine rings is 1. The molecular formula is C40H49N7O4. The summed E-state index contributed by atoms with van der Waals surface area (Å²) in [6.07, 6.45) is 8.39. The van der Waals surface area contributed by atoms with Gasteiger partial charge in [0.05, 0.1) is 58.5 Å². The van der Waals surface area contributed by atoms with Gasteiger partial charge in [-0.3, -0.25) is 0 Å². The first-order chi connectivity index (χ1) is 24.9. The first kappa shape index (κ1) is 37.3. The Hall–Kier alpha value is -4.97. The maximum absolute atomic E-state index is 11.7. The number of nitrogens with zero attached hydrogens (tertiary/aromatic N) is 7. The van der Waals surface area contributed by atoms with Crippen LogP contribution in [0.4, 0.5) is 4.79 Å². The van der Waals surface area contributed by atoms with Crippen molar-refractivity contribution < 1.29 is 19.0 Å². The van der Waals surface area contributed by atoms with Gasteiger partial charge in [0.1, 0.15) is 11.4 Å². The van der Waals surface area contributed by atoms with Crippen molar-refractivity contribution in [3.05, 3.63) is 71.0 Å². The van der Waals surface area contributed by atoms with Crippen molar-refractivity contribution in [3.63, 3.8) is 0 Å². The van der Waals surface area contributed by atoms with Gasteiger partial charge in [-0.1, -0.05) is 60.1 Å². The fourth-order valence-electron chi connectivity index (χ4n) is 5.44. The Morgan fingerprint density at radius 2 is 1.39 bits per heavy atom. The molecule has 2 aliphatic carbocycles. The molecule has 11 nitrogen and oxygen atoms in total. The van der Waals surface area contributed by atoms with Crippen LogP contribution in [0.1, 0.15) is 61.8 Å². The van der Waals surface area contributed by atoms with Crippen molar-refractivity contribution in [3.8, 4) is 46.2 Å². The quantitative estimate of drug-likeness (QED) is 0.212. The molecule has 0 unspecified atom stereocenters. The highest BCUT2D eigenvalue weighted by molar-refractivity contribution is 5.67. The highest BCUT2D eigenvalue weighted by Gasteiger charge is 2.25. The number of amides is 1. The lowest BCUT2D eigenvalue weighted by molar-refractivity contribution is -0.0332. The van der Waals surface area contributed by atoms with E-state index < -0.39 is 0 Å². The van der Waals surface area contributed by atoms with Crippen LogP contribution in [0.2, 0.25) is 0 Å². The van der Waals surface area contributed by atoms with E-state index in [4.69, 9.17) is 14.2 Å². The summed E-state index contributed by atoms with van der Waals surface area (Å²) in [5.74, 6) is 14.3. The minimum absolute atomic E-state index is 0.136. The van der Waals surface area contributed by atoms with Crippen LogP contribution in [0, 0.1) is 49.4 Å². The number of hydrogen-bond donors (Lipinski definition) is 0. The summed E-state index contributed by atoms with van der Waals surface area (Å²) in [5, 5.41) is 16.9. The number of hydrogen-bond acceptors (Lipinski definition) is 8. The summed E-state index contributed by atoms with van der Waals surface area (Å²) in [5.41, 5.74) is 8.29. The second kappa shape index (κ2) is 18.3. The molecule has 51 heavy (non-hydrogen) atoms. The average Bonchev–Trinajstić information content (AvgIpc) is 4.08. The van der Waals surface area contributed by atoms with E-state index in [1.807, 2.05) is 32.3 Å². The Labute approximate surface area is 301 Å². The van der Waals surface area contributed by atoms with Crippen molar-refractivity contribution in [2.75, 3.05) is 40.5 Å². The molecule has 0 radical (unpaired) electrons. The monoisotopic (exact) mass is 691 g/mol. The van der Waals surface area contributed by atoms with Gasteiger partial charge in [0, 0.05) is 47.7 Å². The first-order valence-electron chi connectivity index (χ1n) is 17.9. The molecule has 0 spiro atoms. The maximum Gasteiger partial charge on any atom is 0.409 e. The Bertz CT molecular complexity index is 1890. The predicted octanol–water partition coefficient (Wildman–Crippen LogP) is 6.17. The van der Waals surface area contributed by atoms with Crippen LogP contribution >= 0.6 is 0 Å². The van der Waals surface area contributed by atoms with Gasteiger partial charge in [0.2, 0.25) is 0 Å². The van der Waals surface area contributed by atoms with E-state index in [-0.39, 0.29) is 12.2 Å². The van der Waals surface area contributed by atoms with Crippen molar-refractivity contribution >= 4 is 6.09 Å². The number of aryl methyl sites for hydroxylation is 2. The zero-order chi connectivity index (χ0) is 36.2. The molecule has 0 N–H and O–H groups in total. The van der Waals surface area contributed by atoms with Crippen LogP contribution in [0.15, 0.2) is 48.8 Å². The molecule has 268 valence electrons. The fourth-order valence-corrected chi connectivity index (χ4v) is 5.44. The standard InChI is InChI=1S/C21H24N4O3.C17H19N3O.C2H6/c1-15-11-17(6-5-16-3-4-16)7-8-19(15)20-14-25(23-22-20)13-18-12-24(9-10-28-18)21(26)27-2;1-13-11-15(6-5-14-3-4-14)7-8-16(13)17-12-20(19-18-17)9-10-21-2;1-2/h7-8,11,14,16,18H,3-4,9-10,12-13H2,1-2H3;7-8,11-12,14H,3-4,9-10H2,1-2H3;1-2H3/t18-;;/m1../s1. The molecule has 11 heteroatoms. The second-order valence-electron chi connectivity index (χ2n) is 12.7. The molecule has 3 heterocycles. The molecule has 1 amide bonds. The molecular weight excluding hydrogens is 642 g/mol. The summed E-state index contributed by atoms with van der Waals surface area (Å²) in [4.78, 5) is 13.4. The van der Waals surface area contributed by atoms with Crippen LogP contribution in [-0.2, 0) is 27.3 Å². The molecule has 1 aliphatic heterocycles. The topological polar surface area (TPSA) is 109 Å². The summed E-state index contributed by atoms with van der Waals surface area (Å²) >= 11 is 0. The van der Waals surface area contributed by atoms with E-state index in [0.717, 1.165) is 39.2 Å². The molecule has 2 aromatic heterocycles. The van der Waals surface area contributed by atoms with Crippen LogP contribution in [0.25, 0.3) is 22.5 Å². The first-order valence-corrected chi connectivity index (χ1v) is 17.9. The van der Waals surface area contributed by atoms with Crippen molar-refractivity contribution in [2.45, 2.75) is 72.6 Å². The summed E-state index contributed by atoms with van der Waals surface area (Å²) in [6.45, 7) is 11.6. The van der Waals surface area contributed by atoms with Gasteiger partial charge in [0.25, 0.3) is 0 Å². The maximum atomic E-state index is 11.7. The minimum atomic E-state index is -0.326. The third kappa shape index (κ3) is 11.0.